The summed E-state index contributed by atoms with van der Waals surface area (Å²) in [6.45, 7) is 3.23. The van der Waals surface area contributed by atoms with E-state index in [1.807, 2.05) is 25.1 Å². The number of aryl methyl sites for hydroxylation is 1. The lowest BCUT2D eigenvalue weighted by Gasteiger charge is -2.32. The molecular formula is C14H18IN3O2. The Morgan fingerprint density at radius 2 is 2.30 bits per heavy atom. The molecule has 0 aliphatic carbocycles. The molecule has 6 heteroatoms. The van der Waals surface area contributed by atoms with Gasteiger partial charge in [0.2, 0.25) is 0 Å². The van der Waals surface area contributed by atoms with Crippen LogP contribution in [0.4, 0.5) is 0 Å². The van der Waals surface area contributed by atoms with Gasteiger partial charge in [-0.15, -0.1) is 0 Å². The Kier molecular flexibility index (Phi) is 4.85. The van der Waals surface area contributed by atoms with E-state index in [2.05, 4.69) is 27.7 Å². The van der Waals surface area contributed by atoms with Crippen molar-refractivity contribution in [1.82, 2.24) is 4.90 Å². The van der Waals surface area contributed by atoms with Crippen LogP contribution in [-0.4, -0.2) is 34.9 Å². The molecule has 1 unspecified atom stereocenters. The van der Waals surface area contributed by atoms with Crippen LogP contribution in [0.25, 0.3) is 0 Å². The van der Waals surface area contributed by atoms with Crippen molar-refractivity contribution in [2.24, 2.45) is 16.8 Å². The standard InChI is InChI=1S/C14H18IN3O2/c1-9-4-2-6-11(12(9)15)14(19)18-7-3-5-10(8-18)13(16)17-20/h2,4,6,10,20H,3,5,7-8H2,1H3,(H2,16,17). The zero-order valence-electron chi connectivity index (χ0n) is 11.3. The highest BCUT2D eigenvalue weighted by Crippen LogP contribution is 2.22. The fraction of sp³-hybridized carbons (Fsp3) is 0.429. The molecule has 1 amide bonds. The highest BCUT2D eigenvalue weighted by molar-refractivity contribution is 14.1. The van der Waals surface area contributed by atoms with E-state index in [-0.39, 0.29) is 17.7 Å². The summed E-state index contributed by atoms with van der Waals surface area (Å²) in [5, 5.41) is 11.8. The summed E-state index contributed by atoms with van der Waals surface area (Å²) in [6, 6.07) is 5.74. The summed E-state index contributed by atoms with van der Waals surface area (Å²) in [5.41, 5.74) is 7.49. The Labute approximate surface area is 132 Å². The maximum Gasteiger partial charge on any atom is 0.254 e. The van der Waals surface area contributed by atoms with Crippen molar-refractivity contribution >= 4 is 34.3 Å². The largest absolute Gasteiger partial charge is 0.409 e. The highest BCUT2D eigenvalue weighted by atomic mass is 127. The molecule has 1 aliphatic rings. The molecule has 1 aromatic carbocycles. The monoisotopic (exact) mass is 387 g/mol. The van der Waals surface area contributed by atoms with Crippen molar-refractivity contribution in [3.8, 4) is 0 Å². The Morgan fingerprint density at radius 1 is 1.55 bits per heavy atom. The third kappa shape index (κ3) is 3.05. The van der Waals surface area contributed by atoms with Gasteiger partial charge < -0.3 is 15.8 Å². The van der Waals surface area contributed by atoms with Gasteiger partial charge in [-0.25, -0.2) is 0 Å². The molecule has 0 radical (unpaired) electrons. The molecule has 108 valence electrons. The summed E-state index contributed by atoms with van der Waals surface area (Å²) in [6.07, 6.45) is 1.72. The zero-order valence-corrected chi connectivity index (χ0v) is 13.5. The molecule has 20 heavy (non-hydrogen) atoms. The molecule has 1 aliphatic heterocycles. The van der Waals surface area contributed by atoms with Crippen molar-refractivity contribution in [1.29, 1.82) is 0 Å². The van der Waals surface area contributed by atoms with Gasteiger partial charge in [-0.1, -0.05) is 17.3 Å². The summed E-state index contributed by atoms with van der Waals surface area (Å²) in [4.78, 5) is 14.4. The average molecular weight is 387 g/mol. The molecule has 0 spiro atoms. The Morgan fingerprint density at radius 3 is 3.00 bits per heavy atom. The van der Waals surface area contributed by atoms with Gasteiger partial charge in [-0.05, 0) is 54.0 Å². The minimum Gasteiger partial charge on any atom is -0.409 e. The minimum absolute atomic E-state index is 0.0218. The van der Waals surface area contributed by atoms with E-state index in [1.165, 1.54) is 0 Å². The number of piperidine rings is 1. The lowest BCUT2D eigenvalue weighted by atomic mass is 9.96. The maximum atomic E-state index is 12.6. The number of halogens is 1. The third-order valence-electron chi connectivity index (χ3n) is 3.66. The van der Waals surface area contributed by atoms with Gasteiger partial charge in [-0.3, -0.25) is 4.79 Å². The molecule has 5 nitrogen and oxygen atoms in total. The van der Waals surface area contributed by atoms with Crippen molar-refractivity contribution in [3.05, 3.63) is 32.9 Å². The molecule has 1 aromatic rings. The third-order valence-corrected chi connectivity index (χ3v) is 5.10. The fourth-order valence-electron chi connectivity index (χ4n) is 2.47. The number of hydrogen-bond donors (Lipinski definition) is 2. The fourth-order valence-corrected chi connectivity index (χ4v) is 3.06. The van der Waals surface area contributed by atoms with Crippen LogP contribution in [-0.2, 0) is 0 Å². The van der Waals surface area contributed by atoms with Crippen molar-refractivity contribution in [3.63, 3.8) is 0 Å². The molecule has 3 N–H and O–H groups in total. The Balaban J connectivity index is 2.19. The second-order valence-electron chi connectivity index (χ2n) is 5.05. The lowest BCUT2D eigenvalue weighted by molar-refractivity contribution is 0.0700. The van der Waals surface area contributed by atoms with Gasteiger partial charge in [0, 0.05) is 22.6 Å². The molecular weight excluding hydrogens is 369 g/mol. The lowest BCUT2D eigenvalue weighted by Crippen LogP contribution is -2.44. The van der Waals surface area contributed by atoms with Crippen molar-refractivity contribution in [2.75, 3.05) is 13.1 Å². The second-order valence-corrected chi connectivity index (χ2v) is 6.13. The number of likely N-dealkylation sites (tertiary alicyclic amines) is 1. The van der Waals surface area contributed by atoms with Crippen LogP contribution in [0.15, 0.2) is 23.4 Å². The normalized spacial score (nSPS) is 20.0. The molecule has 0 saturated carbocycles. The van der Waals surface area contributed by atoms with Gasteiger partial charge in [0.1, 0.15) is 5.84 Å². The number of rotatable bonds is 2. The average Bonchev–Trinajstić information content (AvgIpc) is 2.48. The molecule has 0 aromatic heterocycles. The Bertz CT molecular complexity index is 545. The first-order valence-electron chi connectivity index (χ1n) is 6.56. The molecule has 1 heterocycles. The first-order valence-corrected chi connectivity index (χ1v) is 7.64. The van der Waals surface area contributed by atoms with E-state index in [0.29, 0.717) is 6.54 Å². The Hall–Kier alpha value is -1.31. The molecule has 2 rings (SSSR count). The number of oxime groups is 1. The topological polar surface area (TPSA) is 78.9 Å². The number of hydrogen-bond acceptors (Lipinski definition) is 3. The smallest absolute Gasteiger partial charge is 0.254 e. The van der Waals surface area contributed by atoms with Crippen molar-refractivity contribution in [2.45, 2.75) is 19.8 Å². The van der Waals surface area contributed by atoms with Gasteiger partial charge >= 0.3 is 0 Å². The summed E-state index contributed by atoms with van der Waals surface area (Å²) < 4.78 is 0.987. The summed E-state index contributed by atoms with van der Waals surface area (Å²) in [5.74, 6) is 0.176. The van der Waals surface area contributed by atoms with Crippen LogP contribution in [0.1, 0.15) is 28.8 Å². The van der Waals surface area contributed by atoms with Gasteiger partial charge in [-0.2, -0.15) is 0 Å². The van der Waals surface area contributed by atoms with E-state index >= 15 is 0 Å². The number of amidine groups is 1. The van der Waals surface area contributed by atoms with Gasteiger partial charge in [0.25, 0.3) is 5.91 Å². The summed E-state index contributed by atoms with van der Waals surface area (Å²) in [7, 11) is 0. The number of amides is 1. The predicted octanol–water partition coefficient (Wildman–Crippen LogP) is 2.20. The first-order chi connectivity index (χ1) is 9.54. The van der Waals surface area contributed by atoms with Crippen LogP contribution in [0, 0.1) is 16.4 Å². The van der Waals surface area contributed by atoms with E-state index in [9.17, 15) is 4.79 Å². The molecule has 1 atom stereocenters. The number of nitrogens with two attached hydrogens (primary N) is 1. The predicted molar refractivity (Wildman–Crippen MR) is 85.9 cm³/mol. The number of carbonyl (C=O) groups is 1. The highest BCUT2D eigenvalue weighted by Gasteiger charge is 2.27. The number of nitrogens with zero attached hydrogens (tertiary/aromatic N) is 2. The SMILES string of the molecule is Cc1cccc(C(=O)N2CCCC(/C(N)=N/O)C2)c1I. The zero-order chi connectivity index (χ0) is 14.7. The maximum absolute atomic E-state index is 12.6. The van der Waals surface area contributed by atoms with E-state index in [0.717, 1.165) is 34.1 Å². The van der Waals surface area contributed by atoms with Gasteiger partial charge in [0.05, 0.1) is 5.56 Å². The van der Waals surface area contributed by atoms with Crippen molar-refractivity contribution < 1.29 is 10.0 Å². The van der Waals surface area contributed by atoms with Crippen LogP contribution < -0.4 is 5.73 Å². The molecule has 1 saturated heterocycles. The number of benzene rings is 1. The summed E-state index contributed by atoms with van der Waals surface area (Å²) >= 11 is 2.21. The van der Waals surface area contributed by atoms with Gasteiger partial charge in [0.15, 0.2) is 0 Å². The number of carbonyl (C=O) groups excluding carboxylic acids is 1. The second kappa shape index (κ2) is 6.43. The quantitative estimate of drug-likeness (QED) is 0.269. The minimum atomic E-state index is -0.0554. The van der Waals surface area contributed by atoms with Crippen LogP contribution in [0.2, 0.25) is 0 Å². The molecule has 0 bridgehead atoms. The van der Waals surface area contributed by atoms with Crippen LogP contribution in [0.5, 0.6) is 0 Å². The molecule has 1 fully saturated rings. The van der Waals surface area contributed by atoms with Crippen LogP contribution in [0.3, 0.4) is 0 Å². The van der Waals surface area contributed by atoms with E-state index < -0.39 is 0 Å². The van der Waals surface area contributed by atoms with E-state index in [1.54, 1.807) is 4.90 Å². The van der Waals surface area contributed by atoms with E-state index in [4.69, 9.17) is 10.9 Å². The van der Waals surface area contributed by atoms with Crippen LogP contribution >= 0.6 is 22.6 Å². The first kappa shape index (κ1) is 15.1.